The third-order valence-corrected chi connectivity index (χ3v) is 9.14. The smallest absolute Gasteiger partial charge is 0.232 e. The minimum absolute atomic E-state index is 0.133. The molecule has 1 N–H and O–H groups in total. The van der Waals surface area contributed by atoms with Crippen LogP contribution in [0, 0.1) is 13.8 Å². The number of fused-ring (bicyclic) bond motifs is 1. The second kappa shape index (κ2) is 12.7. The number of pyridine rings is 1. The highest BCUT2D eigenvalue weighted by Gasteiger charge is 2.33. The Morgan fingerprint density at radius 2 is 1.74 bits per heavy atom. The van der Waals surface area contributed by atoms with E-state index in [1.54, 1.807) is 0 Å². The van der Waals surface area contributed by atoms with Gasteiger partial charge in [0.05, 0.1) is 5.41 Å². The van der Waals surface area contributed by atoms with Crippen molar-refractivity contribution in [3.8, 4) is 11.3 Å². The van der Waals surface area contributed by atoms with Crippen molar-refractivity contribution < 1.29 is 9.59 Å². The summed E-state index contributed by atoms with van der Waals surface area (Å²) < 4.78 is 0. The van der Waals surface area contributed by atoms with Gasteiger partial charge in [0.25, 0.3) is 0 Å². The Morgan fingerprint density at radius 3 is 2.40 bits per heavy atom. The topological polar surface area (TPSA) is 72.5 Å². The number of hydrogen-bond donors (Lipinski definition) is 1. The number of aryl methyl sites for hydroxylation is 2. The van der Waals surface area contributed by atoms with Gasteiger partial charge in [-0.05, 0) is 119 Å². The summed E-state index contributed by atoms with van der Waals surface area (Å²) in [6.07, 6.45) is 6.34. The van der Waals surface area contributed by atoms with Gasteiger partial charge in [0.2, 0.25) is 12.3 Å². The highest BCUT2D eigenvalue weighted by Crippen LogP contribution is 2.36. The minimum atomic E-state index is -0.665. The Kier molecular flexibility index (Phi) is 9.02. The quantitative estimate of drug-likeness (QED) is 0.209. The molecule has 7 heteroatoms. The zero-order valence-corrected chi connectivity index (χ0v) is 26.5. The van der Waals surface area contributed by atoms with E-state index in [1.807, 2.05) is 50.0 Å². The summed E-state index contributed by atoms with van der Waals surface area (Å²) in [4.78, 5) is 35.7. The fraction of sp³-hybridized carbons (Fsp3) is 0.417. The zero-order chi connectivity index (χ0) is 30.7. The van der Waals surface area contributed by atoms with Crippen molar-refractivity contribution in [2.45, 2.75) is 65.7 Å². The van der Waals surface area contributed by atoms with E-state index in [-0.39, 0.29) is 5.91 Å². The number of amides is 2. The number of aromatic nitrogens is 2. The number of rotatable bonds is 11. The highest BCUT2D eigenvalue weighted by molar-refractivity contribution is 5.94. The van der Waals surface area contributed by atoms with Gasteiger partial charge < -0.3 is 9.88 Å². The normalized spacial score (nSPS) is 15.6. The van der Waals surface area contributed by atoms with E-state index in [0.717, 1.165) is 53.6 Å². The maximum absolute atomic E-state index is 13.5. The first kappa shape index (κ1) is 30.5. The van der Waals surface area contributed by atoms with Crippen molar-refractivity contribution in [1.82, 2.24) is 24.9 Å². The van der Waals surface area contributed by atoms with E-state index in [4.69, 9.17) is 0 Å². The standard InChI is InChI=1S/C36H45N5O2/c1-7-39(8-2)35(43)36(5,6)30-9-10-33-32(22-30)31(34(38-33)29-20-25(3)19-26(4)21-29)14-18-41(24-42)40-17-13-28(23-40)27-11-15-37-16-12-27/h9-12,15-16,19-22,24,28,38H,7-8,13-14,17-18,23H2,1-6H3. The Labute approximate surface area is 255 Å². The molecular weight excluding hydrogens is 534 g/mol. The second-order valence-electron chi connectivity index (χ2n) is 12.4. The summed E-state index contributed by atoms with van der Waals surface area (Å²) in [5.74, 6) is 0.519. The molecule has 43 heavy (non-hydrogen) atoms. The molecule has 0 saturated carbocycles. The lowest BCUT2D eigenvalue weighted by molar-refractivity contribution is -0.136. The van der Waals surface area contributed by atoms with E-state index < -0.39 is 5.41 Å². The Bertz CT molecular complexity index is 1570. The molecule has 1 atom stereocenters. The Morgan fingerprint density at radius 1 is 1.05 bits per heavy atom. The number of likely N-dealkylation sites (N-methyl/N-ethyl adjacent to an activating group) is 1. The molecule has 2 aromatic heterocycles. The van der Waals surface area contributed by atoms with Gasteiger partial charge in [-0.25, -0.2) is 5.01 Å². The molecule has 1 unspecified atom stereocenters. The molecule has 0 bridgehead atoms. The summed E-state index contributed by atoms with van der Waals surface area (Å²) in [7, 11) is 0. The van der Waals surface area contributed by atoms with E-state index in [0.29, 0.717) is 32.0 Å². The predicted molar refractivity (Wildman–Crippen MR) is 174 cm³/mol. The summed E-state index contributed by atoms with van der Waals surface area (Å²) in [5.41, 5.74) is 8.44. The molecule has 0 aliphatic carbocycles. The van der Waals surface area contributed by atoms with Gasteiger partial charge in [-0.15, -0.1) is 0 Å². The molecular formula is C36H45N5O2. The average molecular weight is 580 g/mol. The second-order valence-corrected chi connectivity index (χ2v) is 12.4. The fourth-order valence-electron chi connectivity index (χ4n) is 6.66. The lowest BCUT2D eigenvalue weighted by Crippen LogP contribution is -2.43. The van der Waals surface area contributed by atoms with Gasteiger partial charge >= 0.3 is 0 Å². The molecule has 0 radical (unpaired) electrons. The molecule has 2 amide bonds. The minimum Gasteiger partial charge on any atom is -0.354 e. The number of carbonyl (C=O) groups excluding carboxylic acids is 2. The van der Waals surface area contributed by atoms with Crippen LogP contribution in [0.15, 0.2) is 60.9 Å². The fourth-order valence-corrected chi connectivity index (χ4v) is 6.66. The van der Waals surface area contributed by atoms with Crippen molar-refractivity contribution in [3.05, 3.63) is 88.7 Å². The average Bonchev–Trinajstić information content (AvgIpc) is 3.63. The van der Waals surface area contributed by atoms with Crippen molar-refractivity contribution >= 4 is 23.2 Å². The highest BCUT2D eigenvalue weighted by atomic mass is 16.2. The van der Waals surface area contributed by atoms with Crippen LogP contribution in [0.1, 0.15) is 67.9 Å². The molecule has 226 valence electrons. The van der Waals surface area contributed by atoms with Crippen molar-refractivity contribution in [2.24, 2.45) is 0 Å². The molecule has 1 aliphatic rings. The first-order valence-electron chi connectivity index (χ1n) is 15.6. The summed E-state index contributed by atoms with van der Waals surface area (Å²) in [6.45, 7) is 15.9. The SMILES string of the molecule is CCN(CC)C(=O)C(C)(C)c1ccc2[nH]c(-c3cc(C)cc(C)c3)c(CCN(C=O)N3CCC(c4ccncc4)C3)c2c1. The molecule has 1 saturated heterocycles. The summed E-state index contributed by atoms with van der Waals surface area (Å²) >= 11 is 0. The van der Waals surface area contributed by atoms with E-state index in [1.165, 1.54) is 22.3 Å². The number of aromatic amines is 1. The van der Waals surface area contributed by atoms with Gasteiger partial charge in [0.1, 0.15) is 0 Å². The monoisotopic (exact) mass is 579 g/mol. The zero-order valence-electron chi connectivity index (χ0n) is 26.5. The number of nitrogens with one attached hydrogen (secondary N) is 1. The third-order valence-electron chi connectivity index (χ3n) is 9.14. The molecule has 4 aromatic rings. The van der Waals surface area contributed by atoms with Crippen LogP contribution in [0.25, 0.3) is 22.2 Å². The Hall–Kier alpha value is -3.97. The van der Waals surface area contributed by atoms with Crippen molar-refractivity contribution in [3.63, 3.8) is 0 Å². The van der Waals surface area contributed by atoms with Crippen LogP contribution in [-0.4, -0.2) is 69.9 Å². The largest absolute Gasteiger partial charge is 0.354 e. The van der Waals surface area contributed by atoms with E-state index in [2.05, 4.69) is 77.4 Å². The maximum Gasteiger partial charge on any atom is 0.232 e. The molecule has 5 rings (SSSR count). The lowest BCUT2D eigenvalue weighted by Gasteiger charge is -2.31. The first-order chi connectivity index (χ1) is 20.7. The van der Waals surface area contributed by atoms with Crippen molar-refractivity contribution in [2.75, 3.05) is 32.7 Å². The van der Waals surface area contributed by atoms with Gasteiger partial charge in [0.15, 0.2) is 0 Å². The number of hydrazine groups is 1. The van der Waals surface area contributed by atoms with Crippen LogP contribution in [0.4, 0.5) is 0 Å². The molecule has 1 aliphatic heterocycles. The number of H-pyrrole nitrogens is 1. The summed E-state index contributed by atoms with van der Waals surface area (Å²) in [5, 5.41) is 5.14. The van der Waals surface area contributed by atoms with E-state index >= 15 is 0 Å². The van der Waals surface area contributed by atoms with Gasteiger partial charge in [-0.1, -0.05) is 23.3 Å². The number of nitrogens with zero attached hydrogens (tertiary/aromatic N) is 4. The first-order valence-corrected chi connectivity index (χ1v) is 15.6. The number of benzene rings is 2. The molecule has 3 heterocycles. The van der Waals surface area contributed by atoms with Gasteiger partial charge in [-0.3, -0.25) is 19.6 Å². The lowest BCUT2D eigenvalue weighted by atomic mass is 9.82. The predicted octanol–water partition coefficient (Wildman–Crippen LogP) is 6.40. The molecule has 2 aromatic carbocycles. The summed E-state index contributed by atoms with van der Waals surface area (Å²) in [6, 6.07) is 17.1. The third kappa shape index (κ3) is 6.23. The van der Waals surface area contributed by atoms with Crippen LogP contribution >= 0.6 is 0 Å². The van der Waals surface area contributed by atoms with Crippen LogP contribution in [0.2, 0.25) is 0 Å². The number of hydrogen-bond acceptors (Lipinski definition) is 4. The van der Waals surface area contributed by atoms with Crippen LogP contribution in [-0.2, 0) is 21.4 Å². The van der Waals surface area contributed by atoms with Gasteiger partial charge in [0, 0.05) is 61.7 Å². The molecule has 0 spiro atoms. The van der Waals surface area contributed by atoms with E-state index in [9.17, 15) is 9.59 Å². The molecule has 7 nitrogen and oxygen atoms in total. The Balaban J connectivity index is 1.50. The van der Waals surface area contributed by atoms with Gasteiger partial charge in [-0.2, -0.15) is 0 Å². The number of carbonyl (C=O) groups is 2. The maximum atomic E-state index is 13.5. The molecule has 1 fully saturated rings. The van der Waals surface area contributed by atoms with Crippen LogP contribution in [0.3, 0.4) is 0 Å². The van der Waals surface area contributed by atoms with Crippen LogP contribution < -0.4 is 0 Å². The van der Waals surface area contributed by atoms with Crippen LogP contribution in [0.5, 0.6) is 0 Å². The van der Waals surface area contributed by atoms with Crippen molar-refractivity contribution in [1.29, 1.82) is 0 Å².